The number of benzene rings is 2. The van der Waals surface area contributed by atoms with Crippen molar-refractivity contribution >= 4 is 39.9 Å². The summed E-state index contributed by atoms with van der Waals surface area (Å²) in [4.78, 5) is 22.3. The molecule has 0 bridgehead atoms. The van der Waals surface area contributed by atoms with Gasteiger partial charge in [0.2, 0.25) is 5.55 Å². The Bertz CT molecular complexity index is 1430. The summed E-state index contributed by atoms with van der Waals surface area (Å²) in [6.45, 7) is 1.51. The number of carbonyl (C=O) groups is 1. The first-order valence-electron chi connectivity index (χ1n) is 10.3. The first-order valence-corrected chi connectivity index (χ1v) is 10.7. The highest BCUT2D eigenvalue weighted by atomic mass is 35.5. The van der Waals surface area contributed by atoms with Gasteiger partial charge in [0.05, 0.1) is 42.9 Å². The number of aliphatic hydroxyl groups excluding tert-OH is 1. The average Bonchev–Trinajstić information content (AvgIpc) is 2.85. The van der Waals surface area contributed by atoms with Crippen LogP contribution in [0.3, 0.4) is 0 Å². The Morgan fingerprint density at radius 3 is 2.56 bits per heavy atom. The van der Waals surface area contributed by atoms with E-state index < -0.39 is 5.91 Å². The van der Waals surface area contributed by atoms with Crippen LogP contribution in [-0.4, -0.2) is 30.2 Å². The molecule has 9 heteroatoms. The Morgan fingerprint density at radius 1 is 1.15 bits per heavy atom. The zero-order chi connectivity index (χ0) is 24.2. The third-order valence-electron chi connectivity index (χ3n) is 5.17. The number of para-hydroxylation sites is 1. The summed E-state index contributed by atoms with van der Waals surface area (Å²) in [6, 6.07) is 13.9. The van der Waals surface area contributed by atoms with E-state index >= 15 is 0 Å². The van der Waals surface area contributed by atoms with Crippen molar-refractivity contribution < 1.29 is 23.8 Å². The summed E-state index contributed by atoms with van der Waals surface area (Å²) in [5, 5.41) is 13.5. The van der Waals surface area contributed by atoms with Crippen LogP contribution in [0.5, 0.6) is 11.5 Å². The number of rotatable bonds is 6. The van der Waals surface area contributed by atoms with Gasteiger partial charge in [0.1, 0.15) is 17.1 Å². The molecule has 0 unspecified atom stereocenters. The smallest absolute Gasteiger partial charge is 0.261 e. The van der Waals surface area contributed by atoms with Gasteiger partial charge in [0.25, 0.3) is 5.91 Å². The molecule has 1 amide bonds. The number of ether oxygens (including phenoxy) is 2. The van der Waals surface area contributed by atoms with E-state index in [1.54, 1.807) is 37.4 Å². The van der Waals surface area contributed by atoms with Crippen LogP contribution in [0, 0.1) is 6.92 Å². The molecular weight excluding hydrogens is 458 g/mol. The molecule has 0 aliphatic carbocycles. The molecule has 34 heavy (non-hydrogen) atoms. The van der Waals surface area contributed by atoms with Crippen LogP contribution in [0.4, 0.5) is 11.4 Å². The number of hydrogen-bond acceptors (Lipinski definition) is 7. The molecule has 0 saturated heterocycles. The minimum absolute atomic E-state index is 0.0924. The van der Waals surface area contributed by atoms with Crippen LogP contribution < -0.4 is 20.3 Å². The summed E-state index contributed by atoms with van der Waals surface area (Å²) < 4.78 is 16.7. The van der Waals surface area contributed by atoms with Crippen LogP contribution in [0.15, 0.2) is 64.1 Å². The van der Waals surface area contributed by atoms with E-state index in [9.17, 15) is 9.90 Å². The minimum atomic E-state index is -0.502. The quantitative estimate of drug-likeness (QED) is 0.412. The van der Waals surface area contributed by atoms with Crippen molar-refractivity contribution in [2.75, 3.05) is 19.5 Å². The normalized spacial score (nSPS) is 11.5. The van der Waals surface area contributed by atoms with Gasteiger partial charge in [-0.15, -0.1) is 0 Å². The Hall–Kier alpha value is -3.88. The van der Waals surface area contributed by atoms with Crippen molar-refractivity contribution in [3.05, 3.63) is 82.1 Å². The van der Waals surface area contributed by atoms with Crippen LogP contribution in [0.1, 0.15) is 21.6 Å². The average molecular weight is 480 g/mol. The predicted molar refractivity (Wildman–Crippen MR) is 129 cm³/mol. The second-order valence-electron chi connectivity index (χ2n) is 7.32. The van der Waals surface area contributed by atoms with E-state index in [-0.39, 0.29) is 17.7 Å². The van der Waals surface area contributed by atoms with Crippen molar-refractivity contribution in [2.45, 2.75) is 13.5 Å². The fraction of sp³-hybridized carbons (Fsp3) is 0.160. The van der Waals surface area contributed by atoms with Crippen molar-refractivity contribution in [3.8, 4) is 11.5 Å². The van der Waals surface area contributed by atoms with Crippen molar-refractivity contribution in [3.63, 3.8) is 0 Å². The number of fused-ring (bicyclic) bond motifs is 1. The van der Waals surface area contributed by atoms with Crippen molar-refractivity contribution in [2.24, 2.45) is 4.99 Å². The zero-order valence-electron chi connectivity index (χ0n) is 18.8. The number of pyridine rings is 1. The highest BCUT2D eigenvalue weighted by molar-refractivity contribution is 6.32. The lowest BCUT2D eigenvalue weighted by atomic mass is 10.1. The molecule has 2 heterocycles. The van der Waals surface area contributed by atoms with Crippen LogP contribution >= 0.6 is 11.6 Å². The van der Waals surface area contributed by atoms with E-state index in [0.717, 1.165) is 0 Å². The number of methoxy groups -OCH3 is 2. The summed E-state index contributed by atoms with van der Waals surface area (Å²) in [7, 11) is 2.96. The fourth-order valence-corrected chi connectivity index (χ4v) is 3.67. The monoisotopic (exact) mass is 479 g/mol. The van der Waals surface area contributed by atoms with Gasteiger partial charge < -0.3 is 24.3 Å². The molecule has 0 saturated carbocycles. The lowest BCUT2D eigenvalue weighted by Gasteiger charge is -2.14. The van der Waals surface area contributed by atoms with E-state index in [0.29, 0.717) is 50.1 Å². The molecule has 0 atom stereocenters. The molecule has 0 spiro atoms. The second-order valence-corrected chi connectivity index (χ2v) is 7.73. The number of halogens is 1. The predicted octanol–water partition coefficient (Wildman–Crippen LogP) is 4.78. The maximum atomic E-state index is 13.4. The highest BCUT2D eigenvalue weighted by Crippen LogP contribution is 2.36. The largest absolute Gasteiger partial charge is 0.495 e. The van der Waals surface area contributed by atoms with E-state index in [1.807, 2.05) is 18.2 Å². The maximum absolute atomic E-state index is 13.4. The SMILES string of the molecule is COc1cc(OC)c(NC(=O)c2cc3c(CO)cnc(C)c3oc2=Nc2ccccc2)cc1Cl. The summed E-state index contributed by atoms with van der Waals surface area (Å²) in [5.74, 6) is 0.274. The second kappa shape index (κ2) is 9.94. The van der Waals surface area contributed by atoms with E-state index in [1.165, 1.54) is 20.3 Å². The summed E-state index contributed by atoms with van der Waals surface area (Å²) in [5.41, 5.74) is 2.76. The molecule has 0 fully saturated rings. The van der Waals surface area contributed by atoms with Gasteiger partial charge in [-0.2, -0.15) is 0 Å². The molecule has 4 rings (SSSR count). The first-order chi connectivity index (χ1) is 16.4. The molecular formula is C25H22ClN3O5. The van der Waals surface area contributed by atoms with Gasteiger partial charge in [-0.1, -0.05) is 29.8 Å². The van der Waals surface area contributed by atoms with Gasteiger partial charge >= 0.3 is 0 Å². The molecule has 0 aliphatic rings. The molecule has 0 radical (unpaired) electrons. The maximum Gasteiger partial charge on any atom is 0.261 e. The number of nitrogens with one attached hydrogen (secondary N) is 1. The van der Waals surface area contributed by atoms with E-state index in [2.05, 4.69) is 15.3 Å². The Morgan fingerprint density at radius 2 is 1.88 bits per heavy atom. The summed E-state index contributed by atoms with van der Waals surface area (Å²) in [6.07, 6.45) is 1.55. The number of aromatic nitrogens is 1. The van der Waals surface area contributed by atoms with Gasteiger partial charge in [0, 0.05) is 23.2 Å². The van der Waals surface area contributed by atoms with Crippen molar-refractivity contribution in [1.29, 1.82) is 0 Å². The zero-order valence-corrected chi connectivity index (χ0v) is 19.5. The molecule has 4 aromatic rings. The Balaban J connectivity index is 1.90. The molecule has 2 N–H and O–H groups in total. The van der Waals surface area contributed by atoms with Gasteiger partial charge in [-0.05, 0) is 31.2 Å². The van der Waals surface area contributed by atoms with Gasteiger partial charge in [-0.25, -0.2) is 4.99 Å². The Labute approximate surface area is 200 Å². The number of aliphatic hydroxyl groups is 1. The van der Waals surface area contributed by atoms with Crippen LogP contribution in [-0.2, 0) is 6.61 Å². The molecule has 2 aromatic carbocycles. The number of nitrogens with zero attached hydrogens (tertiary/aromatic N) is 2. The molecule has 174 valence electrons. The third-order valence-corrected chi connectivity index (χ3v) is 5.47. The lowest BCUT2D eigenvalue weighted by Crippen LogP contribution is -2.22. The number of amides is 1. The standard InChI is InChI=1S/C25H22ClN3O5/c1-14-23-17(15(13-30)12-27-14)9-18(25(34-23)28-16-7-5-4-6-8-16)24(31)29-20-10-19(26)21(32-2)11-22(20)33-3/h4-12,30H,13H2,1-3H3,(H,29,31). The minimum Gasteiger partial charge on any atom is -0.495 e. The van der Waals surface area contributed by atoms with Crippen molar-refractivity contribution in [1.82, 2.24) is 4.98 Å². The molecule has 2 aromatic heterocycles. The highest BCUT2D eigenvalue weighted by Gasteiger charge is 2.19. The number of anilines is 1. The van der Waals surface area contributed by atoms with Crippen LogP contribution in [0.25, 0.3) is 11.0 Å². The van der Waals surface area contributed by atoms with E-state index in [4.69, 9.17) is 25.5 Å². The third kappa shape index (κ3) is 4.59. The van der Waals surface area contributed by atoms with Gasteiger partial charge in [0.15, 0.2) is 5.58 Å². The topological polar surface area (TPSA) is 106 Å². The first kappa shape index (κ1) is 23.3. The fourth-order valence-electron chi connectivity index (χ4n) is 3.43. The number of hydrogen-bond donors (Lipinski definition) is 2. The lowest BCUT2D eigenvalue weighted by molar-refractivity contribution is 0.102. The Kier molecular flexibility index (Phi) is 6.81. The van der Waals surface area contributed by atoms with Crippen LogP contribution in [0.2, 0.25) is 5.02 Å². The number of aryl methyl sites for hydroxylation is 1. The summed E-state index contributed by atoms with van der Waals surface area (Å²) >= 11 is 6.26. The molecule has 0 aliphatic heterocycles. The molecule has 8 nitrogen and oxygen atoms in total. The number of carbonyl (C=O) groups excluding carboxylic acids is 1. The van der Waals surface area contributed by atoms with Gasteiger partial charge in [-0.3, -0.25) is 9.78 Å².